The molecular formula is C13H8ClF3N2O2. The lowest BCUT2D eigenvalue weighted by Gasteiger charge is -2.15. The van der Waals surface area contributed by atoms with E-state index in [1.54, 1.807) is 0 Å². The molecular weight excluding hydrogens is 309 g/mol. The Labute approximate surface area is 121 Å². The number of alkyl halides is 3. The monoisotopic (exact) mass is 316 g/mol. The van der Waals surface area contributed by atoms with E-state index in [-0.39, 0.29) is 10.7 Å². The van der Waals surface area contributed by atoms with Gasteiger partial charge < -0.3 is 10.3 Å². The number of nitrogens with one attached hydrogen (secondary N) is 2. The molecule has 1 amide bonds. The Balaban J connectivity index is 2.40. The second-order valence-corrected chi connectivity index (χ2v) is 4.45. The van der Waals surface area contributed by atoms with Crippen molar-refractivity contribution in [2.24, 2.45) is 0 Å². The van der Waals surface area contributed by atoms with Crippen LogP contribution in [0.2, 0.25) is 5.02 Å². The number of rotatable bonds is 2. The molecule has 1 aromatic heterocycles. The van der Waals surface area contributed by atoms with Crippen LogP contribution in [-0.4, -0.2) is 10.9 Å². The van der Waals surface area contributed by atoms with Crippen LogP contribution in [0, 0.1) is 0 Å². The minimum absolute atomic E-state index is 0.171. The molecule has 0 bridgehead atoms. The summed E-state index contributed by atoms with van der Waals surface area (Å²) in [5.74, 6) is -0.897. The number of halogens is 4. The molecule has 2 N–H and O–H groups in total. The van der Waals surface area contributed by atoms with Crippen molar-refractivity contribution in [3.8, 4) is 0 Å². The number of carbonyl (C=O) groups excluding carboxylic acids is 1. The minimum atomic E-state index is -4.67. The Morgan fingerprint density at radius 1 is 1.14 bits per heavy atom. The van der Waals surface area contributed by atoms with Crippen LogP contribution in [0.5, 0.6) is 0 Å². The van der Waals surface area contributed by atoms with E-state index < -0.39 is 28.9 Å². The number of hydrogen-bond donors (Lipinski definition) is 2. The second kappa shape index (κ2) is 5.61. The Kier molecular flexibility index (Phi) is 4.04. The van der Waals surface area contributed by atoms with Crippen LogP contribution in [-0.2, 0) is 6.18 Å². The number of H-pyrrole nitrogens is 1. The maximum atomic E-state index is 12.9. The molecule has 21 heavy (non-hydrogen) atoms. The summed E-state index contributed by atoms with van der Waals surface area (Å²) in [5, 5.41) is 1.81. The molecule has 0 aliphatic carbocycles. The first-order chi connectivity index (χ1) is 9.79. The molecule has 110 valence electrons. The first-order valence-corrected chi connectivity index (χ1v) is 6.03. The number of pyridine rings is 1. The first kappa shape index (κ1) is 15.1. The molecule has 0 unspecified atom stereocenters. The van der Waals surface area contributed by atoms with Gasteiger partial charge in [0, 0.05) is 6.07 Å². The molecule has 2 aromatic rings. The predicted octanol–water partition coefficient (Wildman–Crippen LogP) is 3.30. The third-order valence-electron chi connectivity index (χ3n) is 2.57. The average Bonchev–Trinajstić information content (AvgIpc) is 2.39. The molecule has 2 rings (SSSR count). The van der Waals surface area contributed by atoms with Crippen LogP contribution >= 0.6 is 11.6 Å². The van der Waals surface area contributed by atoms with Crippen molar-refractivity contribution in [3.63, 3.8) is 0 Å². The van der Waals surface area contributed by atoms with Crippen LogP contribution in [0.25, 0.3) is 0 Å². The lowest BCUT2D eigenvalue weighted by molar-refractivity contribution is -0.136. The fourth-order valence-corrected chi connectivity index (χ4v) is 1.87. The molecule has 0 aliphatic heterocycles. The van der Waals surface area contributed by atoms with Crippen molar-refractivity contribution in [2.45, 2.75) is 6.18 Å². The number of hydrogen-bond acceptors (Lipinski definition) is 2. The molecule has 0 atom stereocenters. The van der Waals surface area contributed by atoms with E-state index in [9.17, 15) is 22.8 Å². The summed E-state index contributed by atoms with van der Waals surface area (Å²) >= 11 is 5.71. The summed E-state index contributed by atoms with van der Waals surface area (Å²) in [6.45, 7) is 0. The highest BCUT2D eigenvalue weighted by Crippen LogP contribution is 2.38. The maximum Gasteiger partial charge on any atom is 0.418 e. The van der Waals surface area contributed by atoms with Gasteiger partial charge >= 0.3 is 6.18 Å². The van der Waals surface area contributed by atoms with Gasteiger partial charge in [0.25, 0.3) is 5.91 Å². The number of aromatic amines is 1. The topological polar surface area (TPSA) is 62.0 Å². The van der Waals surface area contributed by atoms with Gasteiger partial charge in [0.2, 0.25) is 5.56 Å². The first-order valence-electron chi connectivity index (χ1n) is 5.65. The fourth-order valence-electron chi connectivity index (χ4n) is 1.65. The third kappa shape index (κ3) is 3.43. The van der Waals surface area contributed by atoms with Crippen LogP contribution in [0.1, 0.15) is 16.1 Å². The van der Waals surface area contributed by atoms with Gasteiger partial charge in [0.15, 0.2) is 0 Å². The quantitative estimate of drug-likeness (QED) is 0.893. The maximum absolute atomic E-state index is 12.9. The van der Waals surface area contributed by atoms with Crippen LogP contribution in [0.4, 0.5) is 18.9 Å². The summed E-state index contributed by atoms with van der Waals surface area (Å²) in [4.78, 5) is 25.2. The van der Waals surface area contributed by atoms with Crippen molar-refractivity contribution < 1.29 is 18.0 Å². The van der Waals surface area contributed by atoms with Crippen molar-refractivity contribution in [2.75, 3.05) is 5.32 Å². The van der Waals surface area contributed by atoms with E-state index in [2.05, 4.69) is 10.3 Å². The van der Waals surface area contributed by atoms with Crippen molar-refractivity contribution in [1.29, 1.82) is 0 Å². The summed E-state index contributed by atoms with van der Waals surface area (Å²) < 4.78 is 38.6. The number of para-hydroxylation sites is 1. The zero-order valence-corrected chi connectivity index (χ0v) is 11.0. The highest BCUT2D eigenvalue weighted by molar-refractivity contribution is 6.34. The molecule has 1 aromatic carbocycles. The van der Waals surface area contributed by atoms with Crippen LogP contribution in [0.15, 0.2) is 41.2 Å². The number of aromatic nitrogens is 1. The Hall–Kier alpha value is -2.28. The largest absolute Gasteiger partial charge is 0.418 e. The van der Waals surface area contributed by atoms with E-state index in [1.165, 1.54) is 24.3 Å². The zero-order valence-electron chi connectivity index (χ0n) is 10.3. The smallest absolute Gasteiger partial charge is 0.319 e. The lowest BCUT2D eigenvalue weighted by atomic mass is 10.1. The molecule has 0 saturated heterocycles. The van der Waals surface area contributed by atoms with Gasteiger partial charge in [0.05, 0.1) is 16.3 Å². The fraction of sp³-hybridized carbons (Fsp3) is 0.0769. The minimum Gasteiger partial charge on any atom is -0.319 e. The van der Waals surface area contributed by atoms with E-state index in [4.69, 9.17) is 11.6 Å². The summed E-state index contributed by atoms with van der Waals surface area (Å²) in [7, 11) is 0. The highest BCUT2D eigenvalue weighted by Gasteiger charge is 2.34. The summed E-state index contributed by atoms with van der Waals surface area (Å²) in [5.41, 5.74) is -2.34. The molecule has 4 nitrogen and oxygen atoms in total. The van der Waals surface area contributed by atoms with E-state index in [0.29, 0.717) is 0 Å². The van der Waals surface area contributed by atoms with Gasteiger partial charge in [-0.2, -0.15) is 13.2 Å². The number of benzene rings is 1. The molecule has 0 radical (unpaired) electrons. The van der Waals surface area contributed by atoms with Crippen molar-refractivity contribution in [3.05, 3.63) is 63.0 Å². The second-order valence-electron chi connectivity index (χ2n) is 4.04. The molecule has 8 heteroatoms. The summed E-state index contributed by atoms with van der Waals surface area (Å²) in [6.07, 6.45) is -4.67. The summed E-state index contributed by atoms with van der Waals surface area (Å²) in [6, 6.07) is 6.90. The Morgan fingerprint density at radius 3 is 2.43 bits per heavy atom. The standard InChI is InChI=1S/C13H8ClF3N2O2/c14-8-4-1-3-7(13(15,16)17)11(8)19-12(21)9-5-2-6-10(20)18-9/h1-6H,(H,18,20)(H,19,21). The zero-order chi connectivity index (χ0) is 15.6. The van der Waals surface area contributed by atoms with Crippen LogP contribution in [0.3, 0.4) is 0 Å². The molecule has 1 heterocycles. The van der Waals surface area contributed by atoms with E-state index >= 15 is 0 Å². The average molecular weight is 317 g/mol. The molecule has 0 spiro atoms. The third-order valence-corrected chi connectivity index (χ3v) is 2.89. The van der Waals surface area contributed by atoms with Gasteiger partial charge in [0.1, 0.15) is 5.69 Å². The van der Waals surface area contributed by atoms with Gasteiger partial charge in [-0.05, 0) is 18.2 Å². The molecule has 0 aliphatic rings. The SMILES string of the molecule is O=C(Nc1c(Cl)cccc1C(F)(F)F)c1cccc(=O)[nH]1. The van der Waals surface area contributed by atoms with Crippen molar-refractivity contribution >= 4 is 23.2 Å². The van der Waals surface area contributed by atoms with Gasteiger partial charge in [-0.3, -0.25) is 9.59 Å². The van der Waals surface area contributed by atoms with E-state index in [0.717, 1.165) is 12.1 Å². The predicted molar refractivity (Wildman–Crippen MR) is 71.5 cm³/mol. The number of carbonyl (C=O) groups is 1. The molecule has 0 saturated carbocycles. The number of amides is 1. The van der Waals surface area contributed by atoms with Crippen molar-refractivity contribution in [1.82, 2.24) is 4.98 Å². The van der Waals surface area contributed by atoms with Gasteiger partial charge in [-0.25, -0.2) is 0 Å². The van der Waals surface area contributed by atoms with Crippen LogP contribution < -0.4 is 10.9 Å². The number of anilines is 1. The Morgan fingerprint density at radius 2 is 1.81 bits per heavy atom. The highest BCUT2D eigenvalue weighted by atomic mass is 35.5. The Bertz CT molecular complexity index is 741. The van der Waals surface area contributed by atoms with E-state index in [1.807, 2.05) is 0 Å². The van der Waals surface area contributed by atoms with Gasteiger partial charge in [-0.15, -0.1) is 0 Å². The lowest BCUT2D eigenvalue weighted by Crippen LogP contribution is -2.20. The molecule has 0 fully saturated rings. The van der Waals surface area contributed by atoms with Gasteiger partial charge in [-0.1, -0.05) is 23.7 Å². The normalized spacial score (nSPS) is 11.2.